The Hall–Kier alpha value is -2.18. The van der Waals surface area contributed by atoms with Crippen molar-refractivity contribution in [2.24, 2.45) is 0 Å². The number of halogens is 2. The van der Waals surface area contributed by atoms with Gasteiger partial charge in [0.1, 0.15) is 5.60 Å². The number of hydrogen-bond acceptors (Lipinski definition) is 3. The van der Waals surface area contributed by atoms with E-state index < -0.39 is 35.3 Å². The number of hydrogen-bond donors (Lipinski definition) is 2. The molecule has 1 amide bonds. The molecule has 0 aliphatic heterocycles. The van der Waals surface area contributed by atoms with E-state index in [1.165, 1.54) is 6.07 Å². The van der Waals surface area contributed by atoms with Crippen LogP contribution in [0.1, 0.15) is 32.8 Å². The maximum atomic E-state index is 13.2. The van der Waals surface area contributed by atoms with Crippen molar-refractivity contribution >= 4 is 12.1 Å². The maximum absolute atomic E-state index is 13.2. The highest BCUT2D eigenvalue weighted by atomic mass is 19.2. The molecule has 0 fully saturated rings. The second kappa shape index (κ2) is 7.20. The van der Waals surface area contributed by atoms with Crippen LogP contribution in [0.25, 0.3) is 0 Å². The highest BCUT2D eigenvalue weighted by Crippen LogP contribution is 2.13. The highest BCUT2D eigenvalue weighted by molar-refractivity contribution is 5.71. The van der Waals surface area contributed by atoms with Gasteiger partial charge in [-0.1, -0.05) is 6.07 Å². The molecule has 0 saturated heterocycles. The summed E-state index contributed by atoms with van der Waals surface area (Å²) in [6.45, 7) is 5.02. The number of carbonyl (C=O) groups is 2. The lowest BCUT2D eigenvalue weighted by molar-refractivity contribution is -0.137. The molecule has 0 spiro atoms. The van der Waals surface area contributed by atoms with E-state index >= 15 is 0 Å². The van der Waals surface area contributed by atoms with Gasteiger partial charge >= 0.3 is 12.1 Å². The zero-order valence-corrected chi connectivity index (χ0v) is 12.7. The van der Waals surface area contributed by atoms with Gasteiger partial charge in [0.05, 0.1) is 6.42 Å². The van der Waals surface area contributed by atoms with E-state index in [9.17, 15) is 18.4 Å². The third-order valence-electron chi connectivity index (χ3n) is 2.61. The molecular weight excluding hydrogens is 296 g/mol. The second-order valence-electron chi connectivity index (χ2n) is 5.89. The van der Waals surface area contributed by atoms with Crippen LogP contribution in [-0.2, 0) is 16.0 Å². The van der Waals surface area contributed by atoms with Crippen LogP contribution in [0.5, 0.6) is 0 Å². The topological polar surface area (TPSA) is 75.6 Å². The molecule has 22 heavy (non-hydrogen) atoms. The summed E-state index contributed by atoms with van der Waals surface area (Å²) < 4.78 is 31.1. The predicted octanol–water partition coefficient (Wildman–Crippen LogP) is 2.88. The van der Waals surface area contributed by atoms with E-state index in [1.807, 2.05) is 0 Å². The van der Waals surface area contributed by atoms with Gasteiger partial charge in [0.2, 0.25) is 0 Å². The number of nitrogens with one attached hydrogen (secondary N) is 1. The Morgan fingerprint density at radius 2 is 1.91 bits per heavy atom. The Morgan fingerprint density at radius 1 is 1.27 bits per heavy atom. The van der Waals surface area contributed by atoms with E-state index in [0.717, 1.165) is 12.1 Å². The normalized spacial score (nSPS) is 12.6. The van der Waals surface area contributed by atoms with Crippen molar-refractivity contribution in [3.63, 3.8) is 0 Å². The molecule has 1 atom stereocenters. The minimum absolute atomic E-state index is 0.0444. The largest absolute Gasteiger partial charge is 0.481 e. The molecule has 122 valence electrons. The Morgan fingerprint density at radius 3 is 2.41 bits per heavy atom. The van der Waals surface area contributed by atoms with E-state index in [4.69, 9.17) is 9.84 Å². The summed E-state index contributed by atoms with van der Waals surface area (Å²) in [4.78, 5) is 22.6. The smallest absolute Gasteiger partial charge is 0.407 e. The molecule has 1 rings (SSSR count). The Bertz CT molecular complexity index is 555. The molecule has 0 heterocycles. The van der Waals surface area contributed by atoms with Gasteiger partial charge in [0.15, 0.2) is 11.6 Å². The number of carboxylic acid groups (broad SMARTS) is 1. The average Bonchev–Trinajstić information content (AvgIpc) is 2.30. The van der Waals surface area contributed by atoms with Gasteiger partial charge in [0.25, 0.3) is 0 Å². The van der Waals surface area contributed by atoms with Crippen molar-refractivity contribution < 1.29 is 28.2 Å². The number of aliphatic carboxylic acids is 1. The quantitative estimate of drug-likeness (QED) is 0.876. The first-order chi connectivity index (χ1) is 10.1. The Balaban J connectivity index is 2.77. The lowest BCUT2D eigenvalue weighted by atomic mass is 10.0. The summed E-state index contributed by atoms with van der Waals surface area (Å²) in [6.07, 6.45) is -1.08. The average molecular weight is 315 g/mol. The molecule has 0 aliphatic carbocycles. The first-order valence-electron chi connectivity index (χ1n) is 6.72. The number of ether oxygens (including phenoxy) is 1. The number of carboxylic acids is 1. The monoisotopic (exact) mass is 315 g/mol. The summed E-state index contributed by atoms with van der Waals surface area (Å²) in [5.41, 5.74) is -0.346. The van der Waals surface area contributed by atoms with E-state index in [0.29, 0.717) is 5.56 Å². The highest BCUT2D eigenvalue weighted by Gasteiger charge is 2.21. The van der Waals surface area contributed by atoms with Gasteiger partial charge in [-0.25, -0.2) is 13.6 Å². The van der Waals surface area contributed by atoms with Crippen molar-refractivity contribution in [2.75, 3.05) is 0 Å². The van der Waals surface area contributed by atoms with Crippen LogP contribution in [-0.4, -0.2) is 28.8 Å². The van der Waals surface area contributed by atoms with Crippen LogP contribution in [0.2, 0.25) is 0 Å². The van der Waals surface area contributed by atoms with Gasteiger partial charge in [-0.05, 0) is 44.9 Å². The zero-order chi connectivity index (χ0) is 16.9. The predicted molar refractivity (Wildman–Crippen MR) is 75.5 cm³/mol. The molecule has 2 N–H and O–H groups in total. The first kappa shape index (κ1) is 17.9. The third kappa shape index (κ3) is 6.51. The van der Waals surface area contributed by atoms with Crippen molar-refractivity contribution in [3.05, 3.63) is 35.4 Å². The molecule has 0 radical (unpaired) electrons. The fourth-order valence-corrected chi connectivity index (χ4v) is 1.81. The van der Waals surface area contributed by atoms with Crippen LogP contribution < -0.4 is 5.32 Å². The molecule has 0 aromatic heterocycles. The molecule has 7 heteroatoms. The second-order valence-corrected chi connectivity index (χ2v) is 5.89. The van der Waals surface area contributed by atoms with E-state index in [2.05, 4.69) is 5.32 Å². The Kier molecular flexibility index (Phi) is 5.84. The SMILES string of the molecule is CC(C)(C)OC(=O)N[C@H](CC(=O)O)Cc1ccc(F)c(F)c1. The van der Waals surface area contributed by atoms with Gasteiger partial charge in [0, 0.05) is 6.04 Å². The van der Waals surface area contributed by atoms with Gasteiger partial charge < -0.3 is 15.2 Å². The standard InChI is InChI=1S/C15H19F2NO4/c1-15(2,3)22-14(21)18-10(8-13(19)20)6-9-4-5-11(16)12(17)7-9/h4-5,7,10H,6,8H2,1-3H3,(H,18,21)(H,19,20)/t10-/m0/s1. The maximum Gasteiger partial charge on any atom is 0.407 e. The summed E-state index contributed by atoms with van der Waals surface area (Å²) in [5.74, 6) is -3.13. The minimum Gasteiger partial charge on any atom is -0.481 e. The number of benzene rings is 1. The molecule has 0 saturated carbocycles. The minimum atomic E-state index is -1.12. The Labute approximate surface area is 127 Å². The summed E-state index contributed by atoms with van der Waals surface area (Å²) in [6, 6.07) is 2.47. The third-order valence-corrected chi connectivity index (χ3v) is 2.61. The number of alkyl carbamates (subject to hydrolysis) is 1. The molecule has 0 unspecified atom stereocenters. The summed E-state index contributed by atoms with van der Waals surface area (Å²) in [7, 11) is 0. The molecular formula is C15H19F2NO4. The number of carbonyl (C=O) groups excluding carboxylic acids is 1. The molecule has 0 bridgehead atoms. The molecule has 0 aliphatic rings. The fraction of sp³-hybridized carbons (Fsp3) is 0.467. The van der Waals surface area contributed by atoms with E-state index in [1.54, 1.807) is 20.8 Å². The van der Waals surface area contributed by atoms with Crippen molar-refractivity contribution in [1.82, 2.24) is 5.32 Å². The van der Waals surface area contributed by atoms with Crippen molar-refractivity contribution in [3.8, 4) is 0 Å². The number of rotatable bonds is 5. The summed E-state index contributed by atoms with van der Waals surface area (Å²) in [5, 5.41) is 11.3. The molecule has 1 aromatic rings. The van der Waals surface area contributed by atoms with Gasteiger partial charge in [-0.3, -0.25) is 4.79 Å². The van der Waals surface area contributed by atoms with Crippen LogP contribution in [0, 0.1) is 11.6 Å². The number of amides is 1. The van der Waals surface area contributed by atoms with Crippen LogP contribution >= 0.6 is 0 Å². The van der Waals surface area contributed by atoms with Crippen molar-refractivity contribution in [1.29, 1.82) is 0 Å². The summed E-state index contributed by atoms with van der Waals surface area (Å²) >= 11 is 0. The fourth-order valence-electron chi connectivity index (χ4n) is 1.81. The first-order valence-corrected chi connectivity index (χ1v) is 6.72. The van der Waals surface area contributed by atoms with E-state index in [-0.39, 0.29) is 12.8 Å². The zero-order valence-electron chi connectivity index (χ0n) is 12.7. The van der Waals surface area contributed by atoms with Gasteiger partial charge in [-0.2, -0.15) is 0 Å². The molecule has 1 aromatic carbocycles. The van der Waals surface area contributed by atoms with Crippen LogP contribution in [0.15, 0.2) is 18.2 Å². The van der Waals surface area contributed by atoms with Crippen molar-refractivity contribution in [2.45, 2.75) is 45.3 Å². The lowest BCUT2D eigenvalue weighted by Gasteiger charge is -2.23. The van der Waals surface area contributed by atoms with Gasteiger partial charge in [-0.15, -0.1) is 0 Å². The van der Waals surface area contributed by atoms with Crippen LogP contribution in [0.4, 0.5) is 13.6 Å². The van der Waals surface area contributed by atoms with Crippen LogP contribution in [0.3, 0.4) is 0 Å². The molecule has 5 nitrogen and oxygen atoms in total. The lowest BCUT2D eigenvalue weighted by Crippen LogP contribution is -2.41.